The number of esters is 1. The summed E-state index contributed by atoms with van der Waals surface area (Å²) >= 11 is 0. The number of nitrogens with zero attached hydrogens (tertiary/aromatic N) is 1. The van der Waals surface area contributed by atoms with E-state index in [0.717, 1.165) is 5.32 Å². The second-order valence-electron chi connectivity index (χ2n) is 4.22. The Balaban J connectivity index is 3.29. The molecule has 0 saturated heterocycles. The van der Waals surface area contributed by atoms with Crippen LogP contribution in [0.3, 0.4) is 0 Å². The average Bonchev–Trinajstić information content (AvgIpc) is 2.59. The first-order valence-electron chi connectivity index (χ1n) is 4.54. The van der Waals surface area contributed by atoms with E-state index in [1.54, 1.807) is 0 Å². The molecule has 1 heterocycles. The Labute approximate surface area is 88.8 Å². The van der Waals surface area contributed by atoms with Crippen molar-refractivity contribution in [3.63, 3.8) is 0 Å². The summed E-state index contributed by atoms with van der Waals surface area (Å²) < 4.78 is 4.54. The molecule has 82 valence electrons. The van der Waals surface area contributed by atoms with Crippen LogP contribution in [0.1, 0.15) is 20.8 Å². The first kappa shape index (κ1) is 11.6. The zero-order valence-corrected chi connectivity index (χ0v) is 10.2. The minimum absolute atomic E-state index is 0.0740. The molecule has 1 aromatic rings. The number of hydrogen-bond acceptors (Lipinski definition) is 4. The van der Waals surface area contributed by atoms with Crippen LogP contribution >= 0.6 is 0 Å². The molecule has 0 aliphatic heterocycles. The molecule has 6 heteroatoms. The number of ether oxygens (including phenoxy) is 1. The lowest BCUT2D eigenvalue weighted by Gasteiger charge is -2.13. The van der Waals surface area contributed by atoms with Crippen molar-refractivity contribution in [1.29, 1.82) is 0 Å². The monoisotopic (exact) mass is 226 g/mol. The van der Waals surface area contributed by atoms with Crippen LogP contribution in [0, 0.1) is 0 Å². The molecular formula is C9H14N2O3Si. The molecular weight excluding hydrogens is 212 g/mol. The Kier molecular flexibility index (Phi) is 3.08. The second-order valence-corrected chi connectivity index (χ2v) is 9.22. The van der Waals surface area contributed by atoms with Gasteiger partial charge in [-0.2, -0.15) is 5.10 Å². The maximum absolute atomic E-state index is 11.3. The van der Waals surface area contributed by atoms with Gasteiger partial charge in [-0.05, 0) is 0 Å². The molecule has 1 aromatic heterocycles. The van der Waals surface area contributed by atoms with Gasteiger partial charge < -0.3 is 4.74 Å². The number of nitrogens with one attached hydrogen (secondary N) is 1. The first-order valence-corrected chi connectivity index (χ1v) is 8.04. The van der Waals surface area contributed by atoms with E-state index in [-0.39, 0.29) is 5.69 Å². The summed E-state index contributed by atoms with van der Waals surface area (Å²) in [7, 11) is -0.430. The fourth-order valence-corrected chi connectivity index (χ4v) is 2.67. The van der Waals surface area contributed by atoms with Crippen LogP contribution in [0.25, 0.3) is 0 Å². The molecule has 0 aliphatic rings. The van der Waals surface area contributed by atoms with Crippen LogP contribution in [-0.4, -0.2) is 37.6 Å². The third-order valence-corrected chi connectivity index (χ3v) is 3.93. The highest BCUT2D eigenvalue weighted by Crippen LogP contribution is 2.08. The van der Waals surface area contributed by atoms with Crippen LogP contribution in [-0.2, 0) is 4.74 Å². The molecule has 0 saturated carbocycles. The number of rotatable bonds is 3. The summed E-state index contributed by atoms with van der Waals surface area (Å²) in [6, 6.07) is 0. The van der Waals surface area contributed by atoms with Gasteiger partial charge in [0.25, 0.3) is 0 Å². The van der Waals surface area contributed by atoms with Crippen molar-refractivity contribution >= 4 is 25.6 Å². The van der Waals surface area contributed by atoms with E-state index in [1.807, 2.05) is 0 Å². The minimum atomic E-state index is -1.69. The van der Waals surface area contributed by atoms with Crippen molar-refractivity contribution < 1.29 is 14.3 Å². The van der Waals surface area contributed by atoms with E-state index in [4.69, 9.17) is 0 Å². The van der Waals surface area contributed by atoms with Gasteiger partial charge in [-0.15, -0.1) is 0 Å². The molecule has 15 heavy (non-hydrogen) atoms. The largest absolute Gasteiger partial charge is 0.464 e. The maximum Gasteiger partial charge on any atom is 0.359 e. The summed E-state index contributed by atoms with van der Waals surface area (Å²) in [6.45, 7) is 6.19. The molecule has 0 atom stereocenters. The molecule has 1 rings (SSSR count). The zero-order valence-electron chi connectivity index (χ0n) is 9.25. The van der Waals surface area contributed by atoms with Crippen LogP contribution in [0.5, 0.6) is 0 Å². The summed E-state index contributed by atoms with van der Waals surface area (Å²) in [5.74, 6) is -0.585. The number of hydrogen-bond donors (Lipinski definition) is 1. The summed E-state index contributed by atoms with van der Waals surface area (Å²) in [6.07, 6.45) is 0.656. The second kappa shape index (κ2) is 3.97. The van der Waals surface area contributed by atoms with Crippen LogP contribution < -0.4 is 5.32 Å². The van der Waals surface area contributed by atoms with Crippen molar-refractivity contribution in [3.8, 4) is 0 Å². The van der Waals surface area contributed by atoms with E-state index in [0.29, 0.717) is 11.8 Å². The number of H-pyrrole nitrogens is 1. The van der Waals surface area contributed by atoms with Crippen LogP contribution in [0.2, 0.25) is 19.6 Å². The lowest BCUT2D eigenvalue weighted by atomic mass is 10.3. The number of carbonyl (C=O) groups is 2. The van der Waals surface area contributed by atoms with Gasteiger partial charge in [-0.1, -0.05) is 19.6 Å². The molecule has 0 bridgehead atoms. The van der Waals surface area contributed by atoms with Gasteiger partial charge in [-0.3, -0.25) is 9.89 Å². The Morgan fingerprint density at radius 2 is 2.07 bits per heavy atom. The normalized spacial score (nSPS) is 11.2. The van der Waals surface area contributed by atoms with Crippen molar-refractivity contribution in [3.05, 3.63) is 11.3 Å². The predicted octanol–water partition coefficient (Wildman–Crippen LogP) is 0.554. The lowest BCUT2D eigenvalue weighted by molar-refractivity contribution is 0.0591. The van der Waals surface area contributed by atoms with Crippen molar-refractivity contribution in [2.75, 3.05) is 7.11 Å². The molecule has 5 nitrogen and oxygen atoms in total. The lowest BCUT2D eigenvalue weighted by Crippen LogP contribution is -2.41. The smallest absolute Gasteiger partial charge is 0.359 e. The van der Waals surface area contributed by atoms with Gasteiger partial charge >= 0.3 is 5.97 Å². The molecule has 0 fully saturated rings. The highest BCUT2D eigenvalue weighted by Gasteiger charge is 2.28. The van der Waals surface area contributed by atoms with Crippen LogP contribution in [0.4, 0.5) is 0 Å². The standard InChI is InChI=1S/C9H14N2O3Si/c1-14-9(13)7-6(5-12)8(11-10-7)15(2,3)4/h5H,1-4H3,(H,10,11). The van der Waals surface area contributed by atoms with Crippen molar-refractivity contribution in [2.24, 2.45) is 0 Å². The van der Waals surface area contributed by atoms with E-state index in [1.165, 1.54) is 7.11 Å². The summed E-state index contributed by atoms with van der Waals surface area (Å²) in [5.41, 5.74) is 0.408. The topological polar surface area (TPSA) is 72.0 Å². The van der Waals surface area contributed by atoms with E-state index in [2.05, 4.69) is 34.6 Å². The average molecular weight is 226 g/mol. The Bertz CT molecular complexity index is 393. The van der Waals surface area contributed by atoms with Gasteiger partial charge in [0, 0.05) is 5.32 Å². The fourth-order valence-electron chi connectivity index (χ4n) is 1.29. The van der Waals surface area contributed by atoms with Gasteiger partial charge in [-0.25, -0.2) is 4.79 Å². The van der Waals surface area contributed by atoms with Gasteiger partial charge in [0.05, 0.1) is 12.7 Å². The Morgan fingerprint density at radius 1 is 1.47 bits per heavy atom. The molecule has 0 spiro atoms. The zero-order chi connectivity index (χ0) is 11.6. The number of carbonyl (C=O) groups excluding carboxylic acids is 2. The molecule has 0 amide bonds. The quantitative estimate of drug-likeness (QED) is 0.464. The molecule has 0 aromatic carbocycles. The number of aldehydes is 1. The Hall–Kier alpha value is -1.43. The van der Waals surface area contributed by atoms with Crippen molar-refractivity contribution in [2.45, 2.75) is 19.6 Å². The number of aromatic amines is 1. The first-order chi connectivity index (χ1) is 6.91. The molecule has 0 unspecified atom stereocenters. The van der Waals surface area contributed by atoms with Gasteiger partial charge in [0.2, 0.25) is 0 Å². The third kappa shape index (κ3) is 2.15. The highest BCUT2D eigenvalue weighted by atomic mass is 28.3. The summed E-state index contributed by atoms with van der Waals surface area (Å²) in [4.78, 5) is 22.2. The number of methoxy groups -OCH3 is 1. The van der Waals surface area contributed by atoms with Crippen molar-refractivity contribution in [1.82, 2.24) is 10.2 Å². The van der Waals surface area contributed by atoms with E-state index < -0.39 is 14.0 Å². The molecule has 0 radical (unpaired) electrons. The third-order valence-electron chi connectivity index (χ3n) is 2.05. The predicted molar refractivity (Wildman–Crippen MR) is 58.3 cm³/mol. The van der Waals surface area contributed by atoms with Gasteiger partial charge in [0.15, 0.2) is 12.0 Å². The number of aromatic nitrogens is 2. The molecule has 0 aliphatic carbocycles. The fraction of sp³-hybridized carbons (Fsp3) is 0.444. The summed E-state index contributed by atoms with van der Waals surface area (Å²) in [5, 5.41) is 7.36. The molecule has 1 N–H and O–H groups in total. The highest BCUT2D eigenvalue weighted by molar-refractivity contribution is 6.88. The Morgan fingerprint density at radius 3 is 2.47 bits per heavy atom. The van der Waals surface area contributed by atoms with E-state index >= 15 is 0 Å². The van der Waals surface area contributed by atoms with Crippen LogP contribution in [0.15, 0.2) is 0 Å². The SMILES string of the molecule is COC(=O)c1n[nH]c([Si](C)(C)C)c1C=O. The van der Waals surface area contributed by atoms with Gasteiger partial charge in [0.1, 0.15) is 8.07 Å². The minimum Gasteiger partial charge on any atom is -0.464 e. The maximum atomic E-state index is 11.3. The van der Waals surface area contributed by atoms with E-state index in [9.17, 15) is 9.59 Å².